The molecule has 7 heteroatoms. The summed E-state index contributed by atoms with van der Waals surface area (Å²) in [6.45, 7) is 3.88. The predicted octanol–water partition coefficient (Wildman–Crippen LogP) is 1.90. The summed E-state index contributed by atoms with van der Waals surface area (Å²) in [5.41, 5.74) is 7.21. The second-order valence-corrected chi connectivity index (χ2v) is 6.39. The number of likely N-dealkylation sites (tertiary alicyclic amines) is 1. The molecule has 0 radical (unpaired) electrons. The first-order valence-electron chi connectivity index (χ1n) is 8.39. The second-order valence-electron chi connectivity index (χ2n) is 6.39. The number of aryl methyl sites for hydroxylation is 1. The number of anilines is 1. The molecule has 2 aromatic rings. The standard InChI is InChI=1S/C18H22FN5O/c1-12-9-16(23-18(20)21-12)17(25)22-14-6-4-8-24(11-14)10-13-5-2-3-7-15(13)19/h2-3,5,7,9,14H,4,6,8,10-11H2,1H3,(H,22,25)(H2,20,21,23). The van der Waals surface area contributed by atoms with Crippen molar-refractivity contribution < 1.29 is 9.18 Å². The molecule has 0 bridgehead atoms. The number of rotatable bonds is 4. The highest BCUT2D eigenvalue weighted by molar-refractivity contribution is 5.92. The SMILES string of the molecule is Cc1cc(C(=O)NC2CCCN(Cc3ccccc3F)C2)nc(N)n1. The van der Waals surface area contributed by atoms with E-state index in [1.807, 2.05) is 6.07 Å². The highest BCUT2D eigenvalue weighted by Crippen LogP contribution is 2.16. The fraction of sp³-hybridized carbons (Fsp3) is 0.389. The summed E-state index contributed by atoms with van der Waals surface area (Å²) in [5.74, 6) is -0.356. The van der Waals surface area contributed by atoms with Gasteiger partial charge in [0.15, 0.2) is 0 Å². The van der Waals surface area contributed by atoms with Crippen LogP contribution in [0, 0.1) is 12.7 Å². The fourth-order valence-corrected chi connectivity index (χ4v) is 3.15. The predicted molar refractivity (Wildman–Crippen MR) is 93.3 cm³/mol. The maximum absolute atomic E-state index is 13.8. The van der Waals surface area contributed by atoms with Gasteiger partial charge in [0.05, 0.1) is 0 Å². The minimum atomic E-state index is -0.255. The van der Waals surface area contributed by atoms with E-state index in [4.69, 9.17) is 5.73 Å². The molecule has 1 aliphatic heterocycles. The number of halogens is 1. The van der Waals surface area contributed by atoms with Crippen LogP contribution in [0.15, 0.2) is 30.3 Å². The average molecular weight is 343 g/mol. The Morgan fingerprint density at radius 2 is 2.20 bits per heavy atom. The minimum Gasteiger partial charge on any atom is -0.368 e. The third-order valence-electron chi connectivity index (χ3n) is 4.30. The number of carbonyl (C=O) groups excluding carboxylic acids is 1. The molecule has 1 aliphatic rings. The van der Waals surface area contributed by atoms with Gasteiger partial charge in [-0.1, -0.05) is 18.2 Å². The molecule has 25 heavy (non-hydrogen) atoms. The quantitative estimate of drug-likeness (QED) is 0.886. The van der Waals surface area contributed by atoms with E-state index >= 15 is 0 Å². The Morgan fingerprint density at radius 3 is 2.96 bits per heavy atom. The fourth-order valence-electron chi connectivity index (χ4n) is 3.15. The Bertz CT molecular complexity index is 747. The number of nitrogen functional groups attached to an aromatic ring is 1. The number of benzene rings is 1. The summed E-state index contributed by atoms with van der Waals surface area (Å²) in [7, 11) is 0. The van der Waals surface area contributed by atoms with E-state index < -0.39 is 0 Å². The molecule has 6 nitrogen and oxygen atoms in total. The maximum atomic E-state index is 13.8. The van der Waals surface area contributed by atoms with E-state index in [1.54, 1.807) is 25.1 Å². The molecule has 132 valence electrons. The molecule has 0 saturated carbocycles. The summed E-state index contributed by atoms with van der Waals surface area (Å²) in [6.07, 6.45) is 1.84. The number of hydrogen-bond acceptors (Lipinski definition) is 5. The zero-order valence-electron chi connectivity index (χ0n) is 14.2. The first kappa shape index (κ1) is 17.3. The van der Waals surface area contributed by atoms with Gasteiger partial charge in [-0.25, -0.2) is 14.4 Å². The number of piperidine rings is 1. The lowest BCUT2D eigenvalue weighted by Gasteiger charge is -2.33. The maximum Gasteiger partial charge on any atom is 0.270 e. The monoisotopic (exact) mass is 343 g/mol. The Morgan fingerprint density at radius 1 is 1.40 bits per heavy atom. The van der Waals surface area contributed by atoms with E-state index in [2.05, 4.69) is 20.2 Å². The van der Waals surface area contributed by atoms with Crippen LogP contribution < -0.4 is 11.1 Å². The van der Waals surface area contributed by atoms with Crippen molar-refractivity contribution in [1.82, 2.24) is 20.2 Å². The van der Waals surface area contributed by atoms with Crippen molar-refractivity contribution in [3.63, 3.8) is 0 Å². The van der Waals surface area contributed by atoms with Crippen LogP contribution in [0.2, 0.25) is 0 Å². The Kier molecular flexibility index (Phi) is 5.23. The van der Waals surface area contributed by atoms with E-state index in [0.29, 0.717) is 24.3 Å². The van der Waals surface area contributed by atoms with Gasteiger partial charge in [-0.3, -0.25) is 9.69 Å². The van der Waals surface area contributed by atoms with Gasteiger partial charge in [-0.2, -0.15) is 0 Å². The van der Waals surface area contributed by atoms with Gasteiger partial charge in [0.1, 0.15) is 11.5 Å². The van der Waals surface area contributed by atoms with Crippen LogP contribution >= 0.6 is 0 Å². The molecule has 1 saturated heterocycles. The first-order chi connectivity index (χ1) is 12.0. The van der Waals surface area contributed by atoms with E-state index in [-0.39, 0.29) is 29.4 Å². The molecule has 0 aliphatic carbocycles. The number of nitrogens with two attached hydrogens (primary N) is 1. The van der Waals surface area contributed by atoms with Crippen molar-refractivity contribution in [2.45, 2.75) is 32.4 Å². The molecular formula is C18H22FN5O. The van der Waals surface area contributed by atoms with E-state index in [9.17, 15) is 9.18 Å². The minimum absolute atomic E-state index is 0.00418. The molecule has 1 atom stereocenters. The summed E-state index contributed by atoms with van der Waals surface area (Å²) in [6, 6.07) is 8.41. The number of hydrogen-bond donors (Lipinski definition) is 2. The highest BCUT2D eigenvalue weighted by atomic mass is 19.1. The average Bonchev–Trinajstić information content (AvgIpc) is 2.56. The van der Waals surface area contributed by atoms with Crippen molar-refractivity contribution in [1.29, 1.82) is 0 Å². The number of nitrogens with one attached hydrogen (secondary N) is 1. The largest absolute Gasteiger partial charge is 0.368 e. The summed E-state index contributed by atoms with van der Waals surface area (Å²) in [5, 5.41) is 3.00. The first-order valence-corrected chi connectivity index (χ1v) is 8.39. The molecular weight excluding hydrogens is 321 g/mol. The summed E-state index contributed by atoms with van der Waals surface area (Å²) >= 11 is 0. The van der Waals surface area contributed by atoms with Crippen molar-refractivity contribution in [2.75, 3.05) is 18.8 Å². The van der Waals surface area contributed by atoms with Gasteiger partial charge in [-0.05, 0) is 38.4 Å². The number of amides is 1. The van der Waals surface area contributed by atoms with Gasteiger partial charge >= 0.3 is 0 Å². The molecule has 1 amide bonds. The van der Waals surface area contributed by atoms with Gasteiger partial charge in [0.25, 0.3) is 5.91 Å². The zero-order valence-corrected chi connectivity index (χ0v) is 14.2. The van der Waals surface area contributed by atoms with Crippen LogP contribution in [0.5, 0.6) is 0 Å². The topological polar surface area (TPSA) is 84.1 Å². The van der Waals surface area contributed by atoms with Crippen LogP contribution in [0.3, 0.4) is 0 Å². The number of nitrogens with zero attached hydrogens (tertiary/aromatic N) is 3. The van der Waals surface area contributed by atoms with Gasteiger partial charge < -0.3 is 11.1 Å². The van der Waals surface area contributed by atoms with Crippen molar-refractivity contribution in [2.24, 2.45) is 0 Å². The molecule has 0 spiro atoms. The Balaban J connectivity index is 1.61. The zero-order chi connectivity index (χ0) is 17.8. The molecule has 1 aromatic carbocycles. The molecule has 2 heterocycles. The molecule has 3 rings (SSSR count). The van der Waals surface area contributed by atoms with Crippen molar-refractivity contribution >= 4 is 11.9 Å². The molecule has 1 unspecified atom stereocenters. The van der Waals surface area contributed by atoms with Crippen molar-refractivity contribution in [3.05, 3.63) is 53.1 Å². The van der Waals surface area contributed by atoms with Crippen LogP contribution in [-0.2, 0) is 6.54 Å². The summed E-state index contributed by atoms with van der Waals surface area (Å²) < 4.78 is 13.8. The Hall–Kier alpha value is -2.54. The molecule has 1 aromatic heterocycles. The van der Waals surface area contributed by atoms with Gasteiger partial charge in [0.2, 0.25) is 5.95 Å². The summed E-state index contributed by atoms with van der Waals surface area (Å²) in [4.78, 5) is 22.5. The van der Waals surface area contributed by atoms with Gasteiger partial charge in [-0.15, -0.1) is 0 Å². The van der Waals surface area contributed by atoms with Crippen LogP contribution in [-0.4, -0.2) is 39.9 Å². The van der Waals surface area contributed by atoms with Crippen LogP contribution in [0.4, 0.5) is 10.3 Å². The second kappa shape index (κ2) is 7.57. The smallest absolute Gasteiger partial charge is 0.270 e. The lowest BCUT2D eigenvalue weighted by atomic mass is 10.0. The lowest BCUT2D eigenvalue weighted by molar-refractivity contribution is 0.0895. The van der Waals surface area contributed by atoms with Crippen LogP contribution in [0.25, 0.3) is 0 Å². The number of aromatic nitrogens is 2. The van der Waals surface area contributed by atoms with Crippen LogP contribution in [0.1, 0.15) is 34.6 Å². The van der Waals surface area contributed by atoms with Crippen molar-refractivity contribution in [3.8, 4) is 0 Å². The third kappa shape index (κ3) is 4.51. The van der Waals surface area contributed by atoms with E-state index in [1.165, 1.54) is 6.07 Å². The van der Waals surface area contributed by atoms with Gasteiger partial charge in [0, 0.05) is 30.4 Å². The lowest BCUT2D eigenvalue weighted by Crippen LogP contribution is -2.47. The molecule has 1 fully saturated rings. The Labute approximate surface area is 146 Å². The highest BCUT2D eigenvalue weighted by Gasteiger charge is 2.23. The number of carbonyl (C=O) groups is 1. The normalized spacial score (nSPS) is 18.1. The van der Waals surface area contributed by atoms with E-state index in [0.717, 1.165) is 19.4 Å². The third-order valence-corrected chi connectivity index (χ3v) is 4.30. The molecule has 3 N–H and O–H groups in total.